The standard InChI is InChI=1S/C18H24F2N4O3/c1-2-21-18(27)12-4-3-7-24(10-12)11-17(26)22-9-16(25)23-13-5-6-14(19)15(20)8-13/h5-6,8,12H,2-4,7,9-11H2,1H3,(H,21,27)(H,22,26)(H,23,25). The molecule has 1 aromatic carbocycles. The van der Waals surface area contributed by atoms with Crippen molar-refractivity contribution in [3.63, 3.8) is 0 Å². The second-order valence-corrected chi connectivity index (χ2v) is 6.42. The third kappa shape index (κ3) is 6.59. The van der Waals surface area contributed by atoms with E-state index in [1.807, 2.05) is 11.8 Å². The highest BCUT2D eigenvalue weighted by atomic mass is 19.2. The number of halogens is 2. The number of hydrogen-bond donors (Lipinski definition) is 3. The van der Waals surface area contributed by atoms with Crippen LogP contribution in [0.25, 0.3) is 0 Å². The zero-order chi connectivity index (χ0) is 19.8. The monoisotopic (exact) mass is 382 g/mol. The molecule has 0 aliphatic carbocycles. The molecule has 1 heterocycles. The van der Waals surface area contributed by atoms with Crippen molar-refractivity contribution in [1.29, 1.82) is 0 Å². The van der Waals surface area contributed by atoms with E-state index >= 15 is 0 Å². The highest BCUT2D eigenvalue weighted by Gasteiger charge is 2.26. The number of benzene rings is 1. The molecule has 7 nitrogen and oxygen atoms in total. The average Bonchev–Trinajstić information content (AvgIpc) is 2.63. The number of hydrogen-bond acceptors (Lipinski definition) is 4. The van der Waals surface area contributed by atoms with Crippen LogP contribution in [0.1, 0.15) is 19.8 Å². The van der Waals surface area contributed by atoms with Gasteiger partial charge in [-0.15, -0.1) is 0 Å². The zero-order valence-corrected chi connectivity index (χ0v) is 15.2. The fraction of sp³-hybridized carbons (Fsp3) is 0.500. The van der Waals surface area contributed by atoms with Gasteiger partial charge in [-0.25, -0.2) is 8.78 Å². The van der Waals surface area contributed by atoms with Crippen LogP contribution in [0.15, 0.2) is 18.2 Å². The molecule has 27 heavy (non-hydrogen) atoms. The van der Waals surface area contributed by atoms with Gasteiger partial charge in [0, 0.05) is 24.8 Å². The Kier molecular flexibility index (Phi) is 7.66. The Labute approximate surface area is 156 Å². The smallest absolute Gasteiger partial charge is 0.243 e. The Morgan fingerprint density at radius 2 is 1.93 bits per heavy atom. The van der Waals surface area contributed by atoms with Crippen molar-refractivity contribution in [3.05, 3.63) is 29.8 Å². The molecule has 1 aromatic rings. The number of amides is 3. The van der Waals surface area contributed by atoms with E-state index in [1.54, 1.807) is 0 Å². The van der Waals surface area contributed by atoms with Gasteiger partial charge in [0.15, 0.2) is 11.6 Å². The van der Waals surface area contributed by atoms with Crippen molar-refractivity contribution >= 4 is 23.4 Å². The molecule has 1 saturated heterocycles. The number of nitrogens with one attached hydrogen (secondary N) is 3. The summed E-state index contributed by atoms with van der Waals surface area (Å²) < 4.78 is 26.0. The van der Waals surface area contributed by atoms with Crippen LogP contribution in [-0.4, -0.2) is 55.3 Å². The van der Waals surface area contributed by atoms with E-state index in [4.69, 9.17) is 0 Å². The van der Waals surface area contributed by atoms with Crippen molar-refractivity contribution < 1.29 is 23.2 Å². The Balaban J connectivity index is 1.74. The number of nitrogens with zero attached hydrogens (tertiary/aromatic N) is 1. The lowest BCUT2D eigenvalue weighted by Crippen LogP contribution is -2.47. The summed E-state index contributed by atoms with van der Waals surface area (Å²) in [6.07, 6.45) is 1.62. The molecule has 3 N–H and O–H groups in total. The fourth-order valence-electron chi connectivity index (χ4n) is 2.95. The number of rotatable bonds is 7. The fourth-order valence-corrected chi connectivity index (χ4v) is 2.95. The lowest BCUT2D eigenvalue weighted by atomic mass is 9.97. The van der Waals surface area contributed by atoms with E-state index in [1.165, 1.54) is 6.07 Å². The first-order valence-corrected chi connectivity index (χ1v) is 8.90. The van der Waals surface area contributed by atoms with Crippen LogP contribution in [0.2, 0.25) is 0 Å². The maximum atomic E-state index is 13.1. The molecular formula is C18H24F2N4O3. The molecule has 9 heteroatoms. The molecule has 3 amide bonds. The van der Waals surface area contributed by atoms with Crippen LogP contribution in [0.5, 0.6) is 0 Å². The van der Waals surface area contributed by atoms with Crippen molar-refractivity contribution in [3.8, 4) is 0 Å². The predicted molar refractivity (Wildman–Crippen MR) is 95.8 cm³/mol. The van der Waals surface area contributed by atoms with E-state index in [0.29, 0.717) is 19.6 Å². The first kappa shape index (κ1) is 20.8. The molecule has 0 radical (unpaired) electrons. The molecule has 1 fully saturated rings. The molecule has 148 valence electrons. The summed E-state index contributed by atoms with van der Waals surface area (Å²) in [5, 5.41) is 7.65. The van der Waals surface area contributed by atoms with Crippen LogP contribution >= 0.6 is 0 Å². The molecule has 1 aliphatic rings. The van der Waals surface area contributed by atoms with E-state index < -0.39 is 17.5 Å². The topological polar surface area (TPSA) is 90.5 Å². The van der Waals surface area contributed by atoms with E-state index in [0.717, 1.165) is 25.0 Å². The Bertz CT molecular complexity index is 699. The normalized spacial score (nSPS) is 17.2. The second kappa shape index (κ2) is 9.96. The minimum atomic E-state index is -1.07. The molecule has 0 saturated carbocycles. The summed E-state index contributed by atoms with van der Waals surface area (Å²) in [4.78, 5) is 37.6. The van der Waals surface area contributed by atoms with Crippen LogP contribution in [0.3, 0.4) is 0 Å². The SMILES string of the molecule is CCNC(=O)C1CCCN(CC(=O)NCC(=O)Nc2ccc(F)c(F)c2)C1. The summed E-state index contributed by atoms with van der Waals surface area (Å²) in [7, 11) is 0. The Morgan fingerprint density at radius 3 is 2.63 bits per heavy atom. The van der Waals surface area contributed by atoms with E-state index in [9.17, 15) is 23.2 Å². The average molecular weight is 382 g/mol. The number of likely N-dealkylation sites (tertiary alicyclic amines) is 1. The highest BCUT2D eigenvalue weighted by Crippen LogP contribution is 2.16. The summed E-state index contributed by atoms with van der Waals surface area (Å²) in [5.41, 5.74) is 0.106. The van der Waals surface area contributed by atoms with Gasteiger partial charge in [0.2, 0.25) is 17.7 Å². The number of carbonyl (C=O) groups excluding carboxylic acids is 3. The molecule has 1 aliphatic heterocycles. The van der Waals surface area contributed by atoms with E-state index in [-0.39, 0.29) is 36.5 Å². The highest BCUT2D eigenvalue weighted by molar-refractivity contribution is 5.94. The van der Waals surface area contributed by atoms with Crippen molar-refractivity contribution in [2.45, 2.75) is 19.8 Å². The first-order valence-electron chi connectivity index (χ1n) is 8.90. The van der Waals surface area contributed by atoms with Crippen LogP contribution in [0, 0.1) is 17.6 Å². The molecule has 2 rings (SSSR count). The summed E-state index contributed by atoms with van der Waals surface area (Å²) in [6.45, 7) is 3.45. The largest absolute Gasteiger partial charge is 0.356 e. The summed E-state index contributed by atoms with van der Waals surface area (Å²) in [6, 6.07) is 3.00. The molecular weight excluding hydrogens is 358 g/mol. The first-order chi connectivity index (χ1) is 12.9. The van der Waals surface area contributed by atoms with Gasteiger partial charge in [-0.3, -0.25) is 19.3 Å². The molecule has 0 bridgehead atoms. The van der Waals surface area contributed by atoms with Gasteiger partial charge in [0.25, 0.3) is 0 Å². The number of carbonyl (C=O) groups is 3. The van der Waals surface area contributed by atoms with Crippen molar-refractivity contribution in [2.75, 3.05) is 38.0 Å². The molecule has 1 unspecified atom stereocenters. The van der Waals surface area contributed by atoms with E-state index in [2.05, 4.69) is 16.0 Å². The maximum Gasteiger partial charge on any atom is 0.243 e. The number of piperidine rings is 1. The third-order valence-electron chi connectivity index (χ3n) is 4.24. The lowest BCUT2D eigenvalue weighted by molar-refractivity contribution is -0.129. The van der Waals surface area contributed by atoms with Crippen molar-refractivity contribution in [2.24, 2.45) is 5.92 Å². The van der Waals surface area contributed by atoms with Gasteiger partial charge in [-0.2, -0.15) is 0 Å². The quantitative estimate of drug-likeness (QED) is 0.653. The lowest BCUT2D eigenvalue weighted by Gasteiger charge is -2.31. The molecule has 1 atom stereocenters. The van der Waals surface area contributed by atoms with Gasteiger partial charge in [-0.1, -0.05) is 0 Å². The maximum absolute atomic E-state index is 13.1. The third-order valence-corrected chi connectivity index (χ3v) is 4.24. The Morgan fingerprint density at radius 1 is 1.15 bits per heavy atom. The molecule has 0 spiro atoms. The van der Waals surface area contributed by atoms with Crippen molar-refractivity contribution in [1.82, 2.24) is 15.5 Å². The summed E-state index contributed by atoms with van der Waals surface area (Å²) >= 11 is 0. The van der Waals surface area contributed by atoms with Crippen LogP contribution in [-0.2, 0) is 14.4 Å². The van der Waals surface area contributed by atoms with Gasteiger partial charge < -0.3 is 16.0 Å². The Hall–Kier alpha value is -2.55. The minimum absolute atomic E-state index is 0.00600. The zero-order valence-electron chi connectivity index (χ0n) is 15.2. The van der Waals surface area contributed by atoms with Gasteiger partial charge in [0.05, 0.1) is 19.0 Å². The molecule has 0 aromatic heterocycles. The summed E-state index contributed by atoms with van der Waals surface area (Å²) in [5.74, 6) is -3.10. The van der Waals surface area contributed by atoms with Gasteiger partial charge in [-0.05, 0) is 38.4 Å². The van der Waals surface area contributed by atoms with Crippen LogP contribution < -0.4 is 16.0 Å². The van der Waals surface area contributed by atoms with Gasteiger partial charge in [0.1, 0.15) is 0 Å². The number of anilines is 1. The van der Waals surface area contributed by atoms with Crippen LogP contribution in [0.4, 0.5) is 14.5 Å². The minimum Gasteiger partial charge on any atom is -0.356 e. The predicted octanol–water partition coefficient (Wildman–Crippen LogP) is 0.868. The second-order valence-electron chi connectivity index (χ2n) is 6.42. The van der Waals surface area contributed by atoms with Gasteiger partial charge >= 0.3 is 0 Å².